The number of nitrogens with one attached hydrogen (secondary N) is 2. The predicted molar refractivity (Wildman–Crippen MR) is 144 cm³/mol. The number of thiocarbonyl (C=S) groups is 1. The number of nitrogen functional groups attached to an aromatic ring is 1. The van der Waals surface area contributed by atoms with Gasteiger partial charge in [-0.25, -0.2) is 4.98 Å². The van der Waals surface area contributed by atoms with Gasteiger partial charge in [-0.3, -0.25) is 0 Å². The number of fused-ring (bicyclic) bond motifs is 1. The van der Waals surface area contributed by atoms with Crippen LogP contribution in [0.1, 0.15) is 17.9 Å². The van der Waals surface area contributed by atoms with Gasteiger partial charge in [0.05, 0.1) is 5.69 Å². The van der Waals surface area contributed by atoms with Gasteiger partial charge < -0.3 is 20.8 Å². The second-order valence-corrected chi connectivity index (χ2v) is 8.50. The van der Waals surface area contributed by atoms with Crippen molar-refractivity contribution in [2.75, 3.05) is 16.4 Å². The number of benzene rings is 3. The van der Waals surface area contributed by atoms with Gasteiger partial charge in [-0.1, -0.05) is 48.5 Å². The Morgan fingerprint density at radius 2 is 1.69 bits per heavy atom. The van der Waals surface area contributed by atoms with Crippen LogP contribution < -0.4 is 16.4 Å². The van der Waals surface area contributed by atoms with Gasteiger partial charge in [0, 0.05) is 29.4 Å². The molecule has 0 bridgehead atoms. The zero-order valence-electron chi connectivity index (χ0n) is 18.9. The van der Waals surface area contributed by atoms with Gasteiger partial charge in [0.1, 0.15) is 5.52 Å². The van der Waals surface area contributed by atoms with Crippen LogP contribution in [0.15, 0.2) is 89.3 Å². The van der Waals surface area contributed by atoms with Crippen LogP contribution in [0, 0.1) is 0 Å². The van der Waals surface area contributed by atoms with Crippen LogP contribution in [0.4, 0.5) is 17.2 Å². The second kappa shape index (κ2) is 10.3. The highest BCUT2D eigenvalue weighted by Crippen LogP contribution is 2.22. The molecule has 5 aromatic rings. The number of aromatic nitrogens is 3. The number of nitrogens with zero attached hydrogens (tertiary/aromatic N) is 3. The summed E-state index contributed by atoms with van der Waals surface area (Å²) in [5, 5.41) is 15.4. The van der Waals surface area contributed by atoms with Gasteiger partial charge in [0.15, 0.2) is 22.4 Å². The molecule has 0 atom stereocenters. The van der Waals surface area contributed by atoms with Crippen LogP contribution in [-0.2, 0) is 12.8 Å². The molecule has 3 aromatic carbocycles. The van der Waals surface area contributed by atoms with Gasteiger partial charge in [0.2, 0.25) is 0 Å². The average molecular weight is 481 g/mol. The first kappa shape index (κ1) is 22.5. The summed E-state index contributed by atoms with van der Waals surface area (Å²) in [6.07, 6.45) is 2.46. The lowest BCUT2D eigenvalue weighted by molar-refractivity contribution is 0.519. The van der Waals surface area contributed by atoms with Crippen molar-refractivity contribution in [1.29, 1.82) is 0 Å². The number of hydrogen-bond donors (Lipinski definition) is 3. The number of nitrogens with two attached hydrogens (primary N) is 1. The Balaban J connectivity index is 1.18. The largest absolute Gasteiger partial charge is 0.441 e. The van der Waals surface area contributed by atoms with Crippen molar-refractivity contribution in [3.8, 4) is 11.3 Å². The lowest BCUT2D eigenvalue weighted by Gasteiger charge is -2.13. The maximum atomic E-state index is 5.83. The molecule has 0 unspecified atom stereocenters. The van der Waals surface area contributed by atoms with Gasteiger partial charge in [0.25, 0.3) is 0 Å². The maximum Gasteiger partial charge on any atom is 0.195 e. The van der Waals surface area contributed by atoms with E-state index in [1.165, 1.54) is 0 Å². The third kappa shape index (κ3) is 5.62. The minimum Gasteiger partial charge on any atom is -0.441 e. The highest BCUT2D eigenvalue weighted by molar-refractivity contribution is 7.80. The van der Waals surface area contributed by atoms with Crippen LogP contribution in [0.5, 0.6) is 0 Å². The van der Waals surface area contributed by atoms with E-state index in [9.17, 15) is 0 Å². The molecule has 4 N–H and O–H groups in total. The summed E-state index contributed by atoms with van der Waals surface area (Å²) in [6.45, 7) is 0. The van der Waals surface area contributed by atoms with Gasteiger partial charge in [-0.15, -0.1) is 10.2 Å². The molecule has 0 aliphatic rings. The fraction of sp³-hybridized carbons (Fsp3) is 0.111. The van der Waals surface area contributed by atoms with E-state index in [4.69, 9.17) is 22.4 Å². The minimum absolute atomic E-state index is 0.454. The molecule has 0 fully saturated rings. The Bertz CT molecular complexity index is 1450. The summed E-state index contributed by atoms with van der Waals surface area (Å²) in [5.74, 6) is 1.29. The van der Waals surface area contributed by atoms with Crippen molar-refractivity contribution in [3.63, 3.8) is 0 Å². The molecule has 174 valence electrons. The molecule has 0 saturated carbocycles. The van der Waals surface area contributed by atoms with Crippen LogP contribution in [-0.4, -0.2) is 20.3 Å². The third-order valence-corrected chi connectivity index (χ3v) is 5.74. The molecule has 0 aliphatic carbocycles. The Kier molecular flexibility index (Phi) is 6.63. The molecule has 0 aliphatic heterocycles. The van der Waals surface area contributed by atoms with Crippen molar-refractivity contribution >= 4 is 45.6 Å². The molecule has 0 saturated heterocycles. The lowest BCUT2D eigenvalue weighted by Crippen LogP contribution is -2.20. The van der Waals surface area contributed by atoms with Crippen LogP contribution >= 0.6 is 12.2 Å². The smallest absolute Gasteiger partial charge is 0.195 e. The third-order valence-electron chi connectivity index (χ3n) is 5.53. The number of oxazole rings is 1. The van der Waals surface area contributed by atoms with E-state index < -0.39 is 0 Å². The summed E-state index contributed by atoms with van der Waals surface area (Å²) in [5.41, 5.74) is 12.0. The van der Waals surface area contributed by atoms with Crippen molar-refractivity contribution in [1.82, 2.24) is 15.2 Å². The van der Waals surface area contributed by atoms with E-state index in [1.807, 2.05) is 72.8 Å². The van der Waals surface area contributed by atoms with Crippen LogP contribution in [0.25, 0.3) is 22.4 Å². The monoisotopic (exact) mass is 480 g/mol. The number of anilines is 3. The first-order valence-corrected chi connectivity index (χ1v) is 11.7. The Labute approximate surface area is 208 Å². The molecule has 2 aromatic heterocycles. The molecular weight excluding hydrogens is 456 g/mol. The van der Waals surface area contributed by atoms with E-state index >= 15 is 0 Å². The zero-order chi connectivity index (χ0) is 24.0. The molecule has 0 amide bonds. The molecule has 5 rings (SSSR count). The van der Waals surface area contributed by atoms with E-state index in [0.29, 0.717) is 22.5 Å². The zero-order valence-corrected chi connectivity index (χ0v) is 19.8. The normalized spacial score (nSPS) is 10.9. The number of hydrogen-bond acceptors (Lipinski definition) is 6. The van der Waals surface area contributed by atoms with Crippen LogP contribution in [0.2, 0.25) is 0 Å². The van der Waals surface area contributed by atoms with Crippen molar-refractivity contribution in [3.05, 3.63) is 96.4 Å². The first-order valence-electron chi connectivity index (χ1n) is 11.3. The molecule has 7 nitrogen and oxygen atoms in total. The highest BCUT2D eigenvalue weighted by atomic mass is 32.1. The fourth-order valence-corrected chi connectivity index (χ4v) is 4.03. The first-order chi connectivity index (χ1) is 17.1. The van der Waals surface area contributed by atoms with E-state index in [-0.39, 0.29) is 0 Å². The van der Waals surface area contributed by atoms with Crippen molar-refractivity contribution in [2.45, 2.75) is 19.3 Å². The molecular formula is C27H24N6OS. The summed E-state index contributed by atoms with van der Waals surface area (Å²) in [6, 6.07) is 27.3. The van der Waals surface area contributed by atoms with Crippen molar-refractivity contribution < 1.29 is 4.42 Å². The Morgan fingerprint density at radius 1 is 0.857 bits per heavy atom. The number of aryl methyl sites for hydroxylation is 2. The summed E-state index contributed by atoms with van der Waals surface area (Å²) < 4.78 is 5.83. The van der Waals surface area contributed by atoms with Gasteiger partial charge in [-0.05, 0) is 61.0 Å². The summed E-state index contributed by atoms with van der Waals surface area (Å²) in [7, 11) is 0. The van der Waals surface area contributed by atoms with E-state index in [0.717, 1.165) is 52.9 Å². The average Bonchev–Trinajstić information content (AvgIpc) is 3.28. The molecule has 2 heterocycles. The Morgan fingerprint density at radius 3 is 2.51 bits per heavy atom. The molecule has 8 heteroatoms. The molecule has 0 spiro atoms. The maximum absolute atomic E-state index is 5.83. The second-order valence-electron chi connectivity index (χ2n) is 8.09. The number of para-hydroxylation sites is 1. The standard InChI is InChI=1S/C27H24N6OS/c28-20-13-14-23-24(17-20)34-26(29-23)12-6-10-18-9-4-5-11-21(18)30-27(35)31-25-16-15-22(32-33-25)19-7-2-1-3-8-19/h1-5,7-9,11,13-17H,6,10,12,28H2,(H2,30,31,33,35). The molecule has 0 radical (unpaired) electrons. The number of rotatable bonds is 7. The van der Waals surface area contributed by atoms with E-state index in [2.05, 4.69) is 31.9 Å². The SMILES string of the molecule is Nc1ccc2nc(CCCc3ccccc3NC(=S)Nc3ccc(-c4ccccc4)nn3)oc2c1. The Hall–Kier alpha value is -4.30. The van der Waals surface area contributed by atoms with E-state index in [1.54, 1.807) is 6.07 Å². The van der Waals surface area contributed by atoms with Gasteiger partial charge in [-0.2, -0.15) is 0 Å². The van der Waals surface area contributed by atoms with Crippen LogP contribution in [0.3, 0.4) is 0 Å². The minimum atomic E-state index is 0.454. The van der Waals surface area contributed by atoms with Crippen molar-refractivity contribution in [2.24, 2.45) is 0 Å². The predicted octanol–water partition coefficient (Wildman–Crippen LogP) is 5.85. The lowest BCUT2D eigenvalue weighted by atomic mass is 10.1. The fourth-order valence-electron chi connectivity index (χ4n) is 3.82. The summed E-state index contributed by atoms with van der Waals surface area (Å²) in [4.78, 5) is 4.55. The highest BCUT2D eigenvalue weighted by Gasteiger charge is 2.09. The molecule has 35 heavy (non-hydrogen) atoms. The van der Waals surface area contributed by atoms with Gasteiger partial charge >= 0.3 is 0 Å². The quantitative estimate of drug-likeness (QED) is 0.197. The summed E-state index contributed by atoms with van der Waals surface area (Å²) >= 11 is 5.52. The topological polar surface area (TPSA) is 102 Å².